The van der Waals surface area contributed by atoms with Crippen LogP contribution in [0.1, 0.15) is 38.6 Å². The van der Waals surface area contributed by atoms with E-state index in [0.29, 0.717) is 16.8 Å². The number of nitrogens with zero attached hydrogens (tertiary/aromatic N) is 2. The highest BCUT2D eigenvalue weighted by Crippen LogP contribution is 2.28. The first-order chi connectivity index (χ1) is 9.65. The lowest BCUT2D eigenvalue weighted by molar-refractivity contribution is 0.396. The van der Waals surface area contributed by atoms with Crippen molar-refractivity contribution in [3.63, 3.8) is 0 Å². The summed E-state index contributed by atoms with van der Waals surface area (Å²) < 4.78 is 6.85. The van der Waals surface area contributed by atoms with E-state index in [-0.39, 0.29) is 6.04 Å². The van der Waals surface area contributed by atoms with Gasteiger partial charge in [-0.15, -0.1) is 10.2 Å². The van der Waals surface area contributed by atoms with Crippen LogP contribution in [-0.4, -0.2) is 16.7 Å². The molecular formula is C14H17ClIN3O. The molecule has 0 radical (unpaired) electrons. The number of hydrogen-bond acceptors (Lipinski definition) is 4. The van der Waals surface area contributed by atoms with Crippen molar-refractivity contribution < 1.29 is 4.42 Å². The Morgan fingerprint density at radius 2 is 2.15 bits per heavy atom. The summed E-state index contributed by atoms with van der Waals surface area (Å²) in [7, 11) is 0. The van der Waals surface area contributed by atoms with Crippen LogP contribution in [0.5, 0.6) is 0 Å². The van der Waals surface area contributed by atoms with Gasteiger partial charge in [-0.25, -0.2) is 0 Å². The van der Waals surface area contributed by atoms with Gasteiger partial charge < -0.3 is 9.73 Å². The van der Waals surface area contributed by atoms with Crippen molar-refractivity contribution >= 4 is 34.2 Å². The van der Waals surface area contributed by atoms with E-state index in [1.807, 2.05) is 18.2 Å². The van der Waals surface area contributed by atoms with E-state index in [0.717, 1.165) is 28.5 Å². The summed E-state index contributed by atoms with van der Waals surface area (Å²) in [6, 6.07) is 5.74. The minimum absolute atomic E-state index is 0.105. The van der Waals surface area contributed by atoms with Gasteiger partial charge >= 0.3 is 0 Å². The number of nitrogens with one attached hydrogen (secondary N) is 1. The van der Waals surface area contributed by atoms with Gasteiger partial charge in [0.1, 0.15) is 0 Å². The largest absolute Gasteiger partial charge is 0.419 e. The molecular weight excluding hydrogens is 389 g/mol. The first kappa shape index (κ1) is 15.7. The minimum atomic E-state index is 0.105. The van der Waals surface area contributed by atoms with Crippen molar-refractivity contribution in [1.82, 2.24) is 15.5 Å². The van der Waals surface area contributed by atoms with Crippen molar-refractivity contribution in [2.24, 2.45) is 0 Å². The summed E-state index contributed by atoms with van der Waals surface area (Å²) in [4.78, 5) is 0. The number of benzene rings is 1. The molecule has 0 aliphatic carbocycles. The second kappa shape index (κ2) is 7.38. The number of hydrogen-bond donors (Lipinski definition) is 1. The van der Waals surface area contributed by atoms with Crippen LogP contribution < -0.4 is 5.32 Å². The molecule has 1 unspecified atom stereocenters. The molecule has 0 aliphatic rings. The fourth-order valence-corrected chi connectivity index (χ4v) is 2.61. The lowest BCUT2D eigenvalue weighted by atomic mass is 10.2. The van der Waals surface area contributed by atoms with Gasteiger partial charge in [-0.3, -0.25) is 0 Å². The minimum Gasteiger partial charge on any atom is -0.419 e. The topological polar surface area (TPSA) is 51.0 Å². The average molecular weight is 406 g/mol. The Bertz CT molecular complexity index is 573. The molecule has 0 saturated heterocycles. The Kier molecular flexibility index (Phi) is 5.80. The van der Waals surface area contributed by atoms with Crippen molar-refractivity contribution in [3.8, 4) is 11.5 Å². The SMILES string of the molecule is CCCNC(CC)c1nnc(-c2cc(Cl)ccc2I)o1. The van der Waals surface area contributed by atoms with Crippen LogP contribution in [0.3, 0.4) is 0 Å². The highest BCUT2D eigenvalue weighted by atomic mass is 127. The molecule has 0 aliphatic heterocycles. The summed E-state index contributed by atoms with van der Waals surface area (Å²) in [5.41, 5.74) is 0.877. The maximum absolute atomic E-state index is 6.03. The third kappa shape index (κ3) is 3.71. The van der Waals surface area contributed by atoms with Crippen molar-refractivity contribution in [2.75, 3.05) is 6.54 Å². The normalized spacial score (nSPS) is 12.6. The highest BCUT2D eigenvalue weighted by Gasteiger charge is 2.18. The summed E-state index contributed by atoms with van der Waals surface area (Å²) in [5, 5.41) is 12.4. The number of aromatic nitrogens is 2. The Hall–Kier alpha value is -0.660. The monoisotopic (exact) mass is 405 g/mol. The van der Waals surface area contributed by atoms with Gasteiger partial charge in [0, 0.05) is 8.59 Å². The van der Waals surface area contributed by atoms with Crippen molar-refractivity contribution in [1.29, 1.82) is 0 Å². The summed E-state index contributed by atoms with van der Waals surface area (Å²) in [6.07, 6.45) is 1.98. The predicted octanol–water partition coefficient (Wildman–Crippen LogP) is 4.45. The zero-order chi connectivity index (χ0) is 14.5. The molecule has 0 amide bonds. The fraction of sp³-hybridized carbons (Fsp3) is 0.429. The summed E-state index contributed by atoms with van der Waals surface area (Å²) >= 11 is 8.26. The molecule has 2 aromatic rings. The van der Waals surface area contributed by atoms with E-state index in [2.05, 4.69) is 52.0 Å². The van der Waals surface area contributed by atoms with Crippen LogP contribution in [0, 0.1) is 3.57 Å². The molecule has 2 rings (SSSR count). The van der Waals surface area contributed by atoms with Gasteiger partial charge in [-0.1, -0.05) is 25.4 Å². The molecule has 20 heavy (non-hydrogen) atoms. The molecule has 6 heteroatoms. The highest BCUT2D eigenvalue weighted by molar-refractivity contribution is 14.1. The van der Waals surface area contributed by atoms with Gasteiger partial charge in [0.25, 0.3) is 0 Å². The predicted molar refractivity (Wildman–Crippen MR) is 88.8 cm³/mol. The number of halogens is 2. The Labute approximate surface area is 137 Å². The lowest BCUT2D eigenvalue weighted by Crippen LogP contribution is -2.21. The Balaban J connectivity index is 2.25. The van der Waals surface area contributed by atoms with Crippen molar-refractivity contribution in [3.05, 3.63) is 32.7 Å². The van der Waals surface area contributed by atoms with Crippen LogP contribution in [0.2, 0.25) is 5.02 Å². The summed E-state index contributed by atoms with van der Waals surface area (Å²) in [6.45, 7) is 5.17. The van der Waals surface area contributed by atoms with E-state index < -0.39 is 0 Å². The molecule has 0 spiro atoms. The van der Waals surface area contributed by atoms with Crippen LogP contribution in [0.25, 0.3) is 11.5 Å². The fourth-order valence-electron chi connectivity index (χ4n) is 1.87. The van der Waals surface area contributed by atoms with Gasteiger partial charge in [-0.05, 0) is 60.2 Å². The lowest BCUT2D eigenvalue weighted by Gasteiger charge is -2.11. The molecule has 108 valence electrons. The average Bonchev–Trinajstić information content (AvgIpc) is 2.92. The zero-order valence-corrected chi connectivity index (χ0v) is 14.4. The standard InChI is InChI=1S/C14H17ClIN3O/c1-3-7-17-12(4-2)14-19-18-13(20-14)10-8-9(15)5-6-11(10)16/h5-6,8,12,17H,3-4,7H2,1-2H3. The molecule has 4 nitrogen and oxygen atoms in total. The van der Waals surface area contributed by atoms with Crippen LogP contribution in [-0.2, 0) is 0 Å². The third-order valence-electron chi connectivity index (χ3n) is 2.95. The maximum atomic E-state index is 6.03. The van der Waals surface area contributed by atoms with E-state index in [1.54, 1.807) is 0 Å². The van der Waals surface area contributed by atoms with E-state index in [4.69, 9.17) is 16.0 Å². The molecule has 0 fully saturated rings. The maximum Gasteiger partial charge on any atom is 0.248 e. The van der Waals surface area contributed by atoms with Gasteiger partial charge in [-0.2, -0.15) is 0 Å². The smallest absolute Gasteiger partial charge is 0.248 e. The second-order valence-corrected chi connectivity index (χ2v) is 6.08. The van der Waals surface area contributed by atoms with E-state index >= 15 is 0 Å². The molecule has 0 saturated carbocycles. The molecule has 1 N–H and O–H groups in total. The molecule has 1 aromatic heterocycles. The molecule has 1 heterocycles. The molecule has 0 bridgehead atoms. The van der Waals surface area contributed by atoms with Crippen LogP contribution in [0.4, 0.5) is 0 Å². The second-order valence-electron chi connectivity index (χ2n) is 4.48. The van der Waals surface area contributed by atoms with E-state index in [9.17, 15) is 0 Å². The van der Waals surface area contributed by atoms with Gasteiger partial charge in [0.05, 0.1) is 11.6 Å². The first-order valence-corrected chi connectivity index (χ1v) is 8.13. The molecule has 1 aromatic carbocycles. The Morgan fingerprint density at radius 3 is 2.85 bits per heavy atom. The van der Waals surface area contributed by atoms with Crippen LogP contribution in [0.15, 0.2) is 22.6 Å². The number of rotatable bonds is 6. The van der Waals surface area contributed by atoms with Gasteiger partial charge in [0.15, 0.2) is 0 Å². The molecule has 1 atom stereocenters. The Morgan fingerprint density at radius 1 is 1.35 bits per heavy atom. The quantitative estimate of drug-likeness (QED) is 0.722. The summed E-state index contributed by atoms with van der Waals surface area (Å²) in [5.74, 6) is 1.15. The van der Waals surface area contributed by atoms with E-state index in [1.165, 1.54) is 0 Å². The zero-order valence-electron chi connectivity index (χ0n) is 11.5. The van der Waals surface area contributed by atoms with Gasteiger partial charge in [0.2, 0.25) is 11.8 Å². The first-order valence-electron chi connectivity index (χ1n) is 6.67. The van der Waals surface area contributed by atoms with Crippen molar-refractivity contribution in [2.45, 2.75) is 32.7 Å². The third-order valence-corrected chi connectivity index (χ3v) is 4.12. The van der Waals surface area contributed by atoms with Crippen LogP contribution >= 0.6 is 34.2 Å².